The zero-order chi connectivity index (χ0) is 31.5. The highest BCUT2D eigenvalue weighted by Crippen LogP contribution is 2.43. The molecule has 4 aromatic rings. The number of nitrogens with zero attached hydrogens (tertiary/aromatic N) is 1. The summed E-state index contributed by atoms with van der Waals surface area (Å²) in [7, 11) is 3.25. The third-order valence-corrected chi connectivity index (χ3v) is 7.66. The van der Waals surface area contributed by atoms with E-state index in [0.717, 1.165) is 22.4 Å². The number of carbonyl (C=O) groups is 1. The monoisotopic (exact) mass is 609 g/mol. The molecule has 45 heavy (non-hydrogen) atoms. The van der Waals surface area contributed by atoms with Gasteiger partial charge in [0.1, 0.15) is 17.2 Å². The highest BCUT2D eigenvalue weighted by molar-refractivity contribution is 6.01. The highest BCUT2D eigenvalue weighted by Gasteiger charge is 2.53. The van der Waals surface area contributed by atoms with Gasteiger partial charge in [-0.2, -0.15) is 0 Å². The summed E-state index contributed by atoms with van der Waals surface area (Å²) >= 11 is 0. The van der Waals surface area contributed by atoms with Gasteiger partial charge >= 0.3 is 0 Å². The summed E-state index contributed by atoms with van der Waals surface area (Å²) in [5.74, 6) is 2.15. The Balaban J connectivity index is 1.47. The third-order valence-electron chi connectivity index (χ3n) is 7.66. The summed E-state index contributed by atoms with van der Waals surface area (Å²) < 4.78 is 23.3. The molecular weight excluding hydrogens is 570 g/mol. The minimum absolute atomic E-state index is 0.0647. The number of benzene rings is 4. The van der Waals surface area contributed by atoms with Gasteiger partial charge in [-0.1, -0.05) is 60.7 Å². The maximum absolute atomic E-state index is 14.4. The van der Waals surface area contributed by atoms with E-state index in [4.69, 9.17) is 29.0 Å². The first-order chi connectivity index (χ1) is 22.1. The number of amides is 1. The summed E-state index contributed by atoms with van der Waals surface area (Å²) in [4.78, 5) is 19.4. The summed E-state index contributed by atoms with van der Waals surface area (Å²) in [5, 5.41) is 9.06. The lowest BCUT2D eigenvalue weighted by Gasteiger charge is -2.31. The molecule has 0 aliphatic carbocycles. The van der Waals surface area contributed by atoms with Crippen LogP contribution in [-0.4, -0.2) is 56.4 Å². The van der Waals surface area contributed by atoms with E-state index in [1.165, 1.54) is 0 Å². The van der Waals surface area contributed by atoms with E-state index in [2.05, 4.69) is 10.9 Å². The van der Waals surface area contributed by atoms with Gasteiger partial charge < -0.3 is 24.1 Å². The molecule has 1 amide bonds. The Kier molecular flexibility index (Phi) is 10.7. The molecule has 0 unspecified atom stereocenters. The van der Waals surface area contributed by atoms with Crippen LogP contribution in [0.2, 0.25) is 0 Å². The Morgan fingerprint density at radius 3 is 2.44 bits per heavy atom. The molecule has 0 fully saturated rings. The van der Waals surface area contributed by atoms with Gasteiger partial charge in [0.05, 0.1) is 20.8 Å². The lowest BCUT2D eigenvalue weighted by Crippen LogP contribution is -2.54. The first kappa shape index (κ1) is 31.6. The number of methoxy groups -OCH3 is 2. The molecule has 9 heteroatoms. The van der Waals surface area contributed by atoms with Gasteiger partial charge in [0, 0.05) is 31.6 Å². The molecule has 0 spiro atoms. The molecule has 5 rings (SSSR count). The minimum atomic E-state index is -1.35. The fraction of sp³-hybridized carbons (Fsp3) is 0.278. The zero-order valence-electron chi connectivity index (χ0n) is 25.6. The van der Waals surface area contributed by atoms with Gasteiger partial charge in [-0.3, -0.25) is 10.2 Å². The van der Waals surface area contributed by atoms with Crippen molar-refractivity contribution in [2.45, 2.75) is 30.9 Å². The van der Waals surface area contributed by atoms with Crippen LogP contribution < -0.4 is 25.1 Å². The molecule has 9 nitrogen and oxygen atoms in total. The van der Waals surface area contributed by atoms with Crippen molar-refractivity contribution in [2.24, 2.45) is 4.99 Å². The number of rotatable bonds is 15. The molecular formula is C36H39N3O6. The predicted octanol–water partition coefficient (Wildman–Crippen LogP) is 4.83. The molecule has 2 atom stereocenters. The van der Waals surface area contributed by atoms with E-state index in [9.17, 15) is 4.79 Å². The zero-order valence-corrected chi connectivity index (χ0v) is 25.6. The standard InChI is InChI=1S/C36H39N3O6/c1-42-31-14-8-13-29(24-31)33-36(25-26-10-4-3-5-11-26,35(41)39-37-21-20-27-12-6-7-15-32(27)43-2)38-34(45-33)28-16-18-30(19-17-28)44-23-9-22-40/h3-8,10-19,24,33,37,40H,9,20-23,25H2,1-2H3,(H,39,41)/t33-,36-/m0/s1. The molecule has 1 aliphatic rings. The summed E-state index contributed by atoms with van der Waals surface area (Å²) in [6.45, 7) is 0.956. The largest absolute Gasteiger partial charge is 0.497 e. The number of para-hydroxylation sites is 1. The summed E-state index contributed by atoms with van der Waals surface area (Å²) in [6.07, 6.45) is 0.734. The number of nitrogens with one attached hydrogen (secondary N) is 2. The van der Waals surface area contributed by atoms with Gasteiger partial charge in [0.2, 0.25) is 5.90 Å². The molecule has 0 bridgehead atoms. The van der Waals surface area contributed by atoms with Gasteiger partial charge in [-0.25, -0.2) is 10.4 Å². The molecule has 0 radical (unpaired) electrons. The Hall–Kier alpha value is -4.86. The maximum atomic E-state index is 14.4. The summed E-state index contributed by atoms with van der Waals surface area (Å²) in [6, 6.07) is 32.5. The van der Waals surface area contributed by atoms with Crippen LogP contribution in [0.25, 0.3) is 0 Å². The number of hydrogen-bond acceptors (Lipinski definition) is 8. The van der Waals surface area contributed by atoms with Crippen molar-refractivity contribution in [1.29, 1.82) is 0 Å². The smallest absolute Gasteiger partial charge is 0.266 e. The fourth-order valence-electron chi connectivity index (χ4n) is 5.35. The molecule has 0 saturated carbocycles. The molecule has 3 N–H and O–H groups in total. The first-order valence-electron chi connectivity index (χ1n) is 15.0. The van der Waals surface area contributed by atoms with Gasteiger partial charge in [-0.15, -0.1) is 0 Å². The van der Waals surface area contributed by atoms with Crippen LogP contribution in [0, 0.1) is 0 Å². The number of aliphatic hydroxyl groups excluding tert-OH is 1. The number of ether oxygens (including phenoxy) is 4. The summed E-state index contributed by atoms with van der Waals surface area (Å²) in [5.41, 5.74) is 8.15. The van der Waals surface area contributed by atoms with Crippen molar-refractivity contribution in [3.63, 3.8) is 0 Å². The van der Waals surface area contributed by atoms with E-state index in [-0.39, 0.29) is 12.5 Å². The SMILES string of the molecule is COc1cccc([C@@H]2OC(c3ccc(OCCCO)cc3)=N[C@]2(Cc2ccccc2)C(=O)NNCCc2ccccc2OC)c1. The van der Waals surface area contributed by atoms with Crippen molar-refractivity contribution >= 4 is 11.8 Å². The minimum Gasteiger partial charge on any atom is -0.497 e. The molecule has 1 heterocycles. The van der Waals surface area contributed by atoms with Gasteiger partial charge in [0.15, 0.2) is 11.6 Å². The van der Waals surface area contributed by atoms with Crippen LogP contribution in [0.15, 0.2) is 108 Å². The van der Waals surface area contributed by atoms with Crippen molar-refractivity contribution in [2.75, 3.05) is 34.0 Å². The number of aliphatic hydroxyl groups is 1. The Morgan fingerprint density at radius 2 is 1.69 bits per heavy atom. The van der Waals surface area contributed by atoms with Crippen LogP contribution in [0.5, 0.6) is 17.2 Å². The van der Waals surface area contributed by atoms with Gasteiger partial charge in [-0.05, 0) is 65.6 Å². The molecule has 4 aromatic carbocycles. The van der Waals surface area contributed by atoms with Crippen LogP contribution in [-0.2, 0) is 22.4 Å². The molecule has 1 aliphatic heterocycles. The average Bonchev–Trinajstić information content (AvgIpc) is 3.48. The number of carbonyl (C=O) groups excluding carboxylic acids is 1. The Bertz CT molecular complexity index is 1580. The van der Waals surface area contributed by atoms with Crippen molar-refractivity contribution in [3.05, 3.63) is 125 Å². The van der Waals surface area contributed by atoms with Crippen LogP contribution in [0.3, 0.4) is 0 Å². The molecule has 234 valence electrons. The highest BCUT2D eigenvalue weighted by atomic mass is 16.5. The lowest BCUT2D eigenvalue weighted by atomic mass is 9.82. The normalized spacial score (nSPS) is 17.2. The van der Waals surface area contributed by atoms with E-state index >= 15 is 0 Å². The van der Waals surface area contributed by atoms with Crippen LogP contribution in [0.4, 0.5) is 0 Å². The number of aliphatic imine (C=N–C) groups is 1. The second-order valence-corrected chi connectivity index (χ2v) is 10.7. The lowest BCUT2D eigenvalue weighted by molar-refractivity contribution is -0.130. The Labute approximate surface area is 263 Å². The average molecular weight is 610 g/mol. The topological polar surface area (TPSA) is 111 Å². The first-order valence-corrected chi connectivity index (χ1v) is 15.0. The van der Waals surface area contributed by atoms with Gasteiger partial charge in [0.25, 0.3) is 5.91 Å². The van der Waals surface area contributed by atoms with E-state index in [1.807, 2.05) is 103 Å². The quantitative estimate of drug-likeness (QED) is 0.131. The van der Waals surface area contributed by atoms with E-state index < -0.39 is 11.6 Å². The van der Waals surface area contributed by atoms with Crippen molar-refractivity contribution < 1.29 is 28.8 Å². The second-order valence-electron chi connectivity index (χ2n) is 10.7. The van der Waals surface area contributed by atoms with E-state index in [0.29, 0.717) is 55.4 Å². The number of hydrogen-bond donors (Lipinski definition) is 3. The maximum Gasteiger partial charge on any atom is 0.266 e. The predicted molar refractivity (Wildman–Crippen MR) is 173 cm³/mol. The number of hydrazine groups is 1. The van der Waals surface area contributed by atoms with Crippen molar-refractivity contribution in [1.82, 2.24) is 10.9 Å². The van der Waals surface area contributed by atoms with Crippen LogP contribution in [0.1, 0.15) is 34.8 Å². The second kappa shape index (κ2) is 15.2. The fourth-order valence-corrected chi connectivity index (χ4v) is 5.35. The third kappa shape index (κ3) is 7.63. The van der Waals surface area contributed by atoms with E-state index in [1.54, 1.807) is 14.2 Å². The van der Waals surface area contributed by atoms with Crippen molar-refractivity contribution in [3.8, 4) is 17.2 Å². The molecule has 0 saturated heterocycles. The van der Waals surface area contributed by atoms with Crippen LogP contribution >= 0.6 is 0 Å². The Morgan fingerprint density at radius 1 is 0.911 bits per heavy atom. The molecule has 0 aromatic heterocycles.